The van der Waals surface area contributed by atoms with Crippen LogP contribution in [0.2, 0.25) is 0 Å². The zero-order valence-corrected chi connectivity index (χ0v) is 12.2. The number of amides is 2. The zero-order chi connectivity index (χ0) is 14.7. The molecule has 0 heterocycles. The van der Waals surface area contributed by atoms with Gasteiger partial charge in [-0.05, 0) is 19.9 Å². The minimum absolute atomic E-state index is 0.127. The average Bonchev–Trinajstić information content (AvgIpc) is 2.43. The summed E-state index contributed by atoms with van der Waals surface area (Å²) in [5, 5.41) is 15.8. The van der Waals surface area contributed by atoms with Crippen LogP contribution < -0.4 is 10.6 Å². The first-order valence-corrected chi connectivity index (χ1v) is 6.97. The Hall–Kier alpha value is -1.14. The number of hydrogen-bond acceptors (Lipinski definition) is 4. The van der Waals surface area contributed by atoms with E-state index in [1.807, 2.05) is 6.92 Å². The first-order valence-electron chi connectivity index (χ1n) is 6.97. The second kappa shape index (κ2) is 10.8. The van der Waals surface area contributed by atoms with Crippen LogP contribution in [0.15, 0.2) is 0 Å². The molecule has 112 valence electrons. The normalized spacial score (nSPS) is 13.7. The van der Waals surface area contributed by atoms with Gasteiger partial charge in [-0.3, -0.25) is 14.8 Å². The Bertz CT molecular complexity index is 262. The fourth-order valence-electron chi connectivity index (χ4n) is 2.15. The van der Waals surface area contributed by atoms with E-state index >= 15 is 0 Å². The molecule has 0 aromatic carbocycles. The van der Waals surface area contributed by atoms with Gasteiger partial charge in [0.2, 0.25) is 12.3 Å². The van der Waals surface area contributed by atoms with Crippen molar-refractivity contribution in [2.45, 2.75) is 52.0 Å². The van der Waals surface area contributed by atoms with Gasteiger partial charge in [0.1, 0.15) is 0 Å². The molecule has 6 nitrogen and oxygen atoms in total. The molecule has 0 saturated carbocycles. The third kappa shape index (κ3) is 6.54. The Balaban J connectivity index is 4.69. The molecule has 0 saturated heterocycles. The van der Waals surface area contributed by atoms with Crippen molar-refractivity contribution < 1.29 is 14.8 Å². The van der Waals surface area contributed by atoms with E-state index in [4.69, 9.17) is 0 Å². The standard InChI is InChI=1S/C13H27N3O3/c1-4-6-7-8-11(13(18)15-9-14-3)12(5-2)16(19)10-17/h10-12,14,19H,4-9H2,1-3H3,(H,15,18). The first kappa shape index (κ1) is 17.9. The third-order valence-corrected chi connectivity index (χ3v) is 3.23. The quantitative estimate of drug-likeness (QED) is 0.173. The molecule has 0 aromatic rings. The first-order chi connectivity index (χ1) is 9.12. The molecule has 19 heavy (non-hydrogen) atoms. The molecule has 2 amide bonds. The number of rotatable bonds is 11. The highest BCUT2D eigenvalue weighted by molar-refractivity contribution is 5.79. The van der Waals surface area contributed by atoms with Crippen molar-refractivity contribution in [3.8, 4) is 0 Å². The summed E-state index contributed by atoms with van der Waals surface area (Å²) in [5.74, 6) is -0.502. The van der Waals surface area contributed by atoms with Gasteiger partial charge in [0.25, 0.3) is 0 Å². The van der Waals surface area contributed by atoms with E-state index in [9.17, 15) is 14.8 Å². The molecule has 2 atom stereocenters. The number of carbonyl (C=O) groups excluding carboxylic acids is 2. The van der Waals surface area contributed by atoms with E-state index in [2.05, 4.69) is 17.6 Å². The number of hydrogen-bond donors (Lipinski definition) is 3. The van der Waals surface area contributed by atoms with Crippen LogP contribution in [0.5, 0.6) is 0 Å². The molecule has 6 heteroatoms. The molecule has 0 aromatic heterocycles. The molecule has 2 unspecified atom stereocenters. The SMILES string of the molecule is CCCCCC(C(=O)NCNC)C(CC)N(O)C=O. The van der Waals surface area contributed by atoms with Crippen LogP contribution in [0, 0.1) is 5.92 Å². The lowest BCUT2D eigenvalue weighted by molar-refractivity contribution is -0.168. The molecule has 0 aliphatic rings. The van der Waals surface area contributed by atoms with Crippen molar-refractivity contribution in [1.82, 2.24) is 15.7 Å². The van der Waals surface area contributed by atoms with Crippen LogP contribution in [0.1, 0.15) is 46.0 Å². The van der Waals surface area contributed by atoms with Crippen molar-refractivity contribution in [3.63, 3.8) is 0 Å². The maximum Gasteiger partial charge on any atom is 0.233 e. The Kier molecular flexibility index (Phi) is 10.1. The molecular formula is C13H27N3O3. The van der Waals surface area contributed by atoms with Gasteiger partial charge in [-0.25, -0.2) is 5.06 Å². The summed E-state index contributed by atoms with van der Waals surface area (Å²) in [7, 11) is 1.74. The highest BCUT2D eigenvalue weighted by atomic mass is 16.5. The van der Waals surface area contributed by atoms with E-state index in [1.165, 1.54) is 0 Å². The van der Waals surface area contributed by atoms with E-state index < -0.39 is 6.04 Å². The molecule has 0 aliphatic carbocycles. The van der Waals surface area contributed by atoms with Crippen LogP contribution in [-0.4, -0.2) is 42.3 Å². The monoisotopic (exact) mass is 273 g/mol. The van der Waals surface area contributed by atoms with E-state index in [-0.39, 0.29) is 11.8 Å². The summed E-state index contributed by atoms with van der Waals surface area (Å²) in [5.41, 5.74) is 0. The Morgan fingerprint density at radius 2 is 2.05 bits per heavy atom. The lowest BCUT2D eigenvalue weighted by Crippen LogP contribution is -2.46. The van der Waals surface area contributed by atoms with Gasteiger partial charge in [0.05, 0.1) is 18.6 Å². The van der Waals surface area contributed by atoms with E-state index in [0.717, 1.165) is 19.3 Å². The molecular weight excluding hydrogens is 246 g/mol. The third-order valence-electron chi connectivity index (χ3n) is 3.23. The summed E-state index contributed by atoms with van der Waals surface area (Å²) >= 11 is 0. The van der Waals surface area contributed by atoms with Gasteiger partial charge in [-0.15, -0.1) is 0 Å². The van der Waals surface area contributed by atoms with Crippen LogP contribution in [0.4, 0.5) is 0 Å². The molecule has 0 bridgehead atoms. The van der Waals surface area contributed by atoms with Gasteiger partial charge in [-0.1, -0.05) is 33.1 Å². The lowest BCUT2D eigenvalue weighted by Gasteiger charge is -2.29. The van der Waals surface area contributed by atoms with E-state index in [0.29, 0.717) is 31.0 Å². The van der Waals surface area contributed by atoms with Crippen molar-refractivity contribution in [1.29, 1.82) is 0 Å². The zero-order valence-electron chi connectivity index (χ0n) is 12.2. The summed E-state index contributed by atoms with van der Waals surface area (Å²) < 4.78 is 0. The molecule has 0 aliphatic heterocycles. The number of carbonyl (C=O) groups is 2. The molecule has 0 spiro atoms. The molecule has 0 radical (unpaired) electrons. The second-order valence-corrected chi connectivity index (χ2v) is 4.63. The maximum absolute atomic E-state index is 12.1. The van der Waals surface area contributed by atoms with Crippen molar-refractivity contribution in [3.05, 3.63) is 0 Å². The van der Waals surface area contributed by atoms with Crippen LogP contribution >= 0.6 is 0 Å². The number of unbranched alkanes of at least 4 members (excludes halogenated alkanes) is 2. The fourth-order valence-corrected chi connectivity index (χ4v) is 2.15. The lowest BCUT2D eigenvalue weighted by atomic mass is 9.90. The predicted octanol–water partition coefficient (Wildman–Crippen LogP) is 1.10. The Labute approximate surface area is 115 Å². The smallest absolute Gasteiger partial charge is 0.233 e. The number of nitrogens with one attached hydrogen (secondary N) is 2. The number of hydroxylamine groups is 2. The van der Waals surface area contributed by atoms with Crippen LogP contribution in [-0.2, 0) is 9.59 Å². The van der Waals surface area contributed by atoms with Gasteiger partial charge in [0, 0.05) is 0 Å². The Morgan fingerprint density at radius 1 is 1.37 bits per heavy atom. The number of nitrogens with zero attached hydrogens (tertiary/aromatic N) is 1. The Morgan fingerprint density at radius 3 is 2.53 bits per heavy atom. The van der Waals surface area contributed by atoms with Gasteiger partial charge in [0.15, 0.2) is 0 Å². The molecule has 0 rings (SSSR count). The van der Waals surface area contributed by atoms with Gasteiger partial charge >= 0.3 is 0 Å². The van der Waals surface area contributed by atoms with Crippen LogP contribution in [0.25, 0.3) is 0 Å². The minimum Gasteiger partial charge on any atom is -0.343 e. The second-order valence-electron chi connectivity index (χ2n) is 4.63. The predicted molar refractivity (Wildman–Crippen MR) is 73.5 cm³/mol. The largest absolute Gasteiger partial charge is 0.343 e. The highest BCUT2D eigenvalue weighted by Gasteiger charge is 2.30. The van der Waals surface area contributed by atoms with Crippen molar-refractivity contribution in [2.75, 3.05) is 13.7 Å². The van der Waals surface area contributed by atoms with Gasteiger partial charge in [-0.2, -0.15) is 0 Å². The van der Waals surface area contributed by atoms with Crippen molar-refractivity contribution >= 4 is 12.3 Å². The molecule has 3 N–H and O–H groups in total. The topological polar surface area (TPSA) is 81.7 Å². The molecule has 0 fully saturated rings. The minimum atomic E-state index is -0.466. The van der Waals surface area contributed by atoms with Crippen LogP contribution in [0.3, 0.4) is 0 Å². The van der Waals surface area contributed by atoms with Crippen molar-refractivity contribution in [2.24, 2.45) is 5.92 Å². The summed E-state index contributed by atoms with van der Waals surface area (Å²) in [6, 6.07) is -0.466. The average molecular weight is 273 g/mol. The summed E-state index contributed by atoms with van der Waals surface area (Å²) in [6.45, 7) is 4.33. The highest BCUT2D eigenvalue weighted by Crippen LogP contribution is 2.20. The van der Waals surface area contributed by atoms with E-state index in [1.54, 1.807) is 7.05 Å². The summed E-state index contributed by atoms with van der Waals surface area (Å²) in [4.78, 5) is 22.8. The fraction of sp³-hybridized carbons (Fsp3) is 0.846. The van der Waals surface area contributed by atoms with Gasteiger partial charge < -0.3 is 10.6 Å². The summed E-state index contributed by atoms with van der Waals surface area (Å²) in [6.07, 6.45) is 4.60. The maximum atomic E-state index is 12.1.